The van der Waals surface area contributed by atoms with Crippen LogP contribution in [0, 0.1) is 0 Å². The molecule has 0 bridgehead atoms. The van der Waals surface area contributed by atoms with E-state index in [9.17, 15) is 0 Å². The molecule has 0 fully saturated rings. The van der Waals surface area contributed by atoms with Gasteiger partial charge in [-0.25, -0.2) is 5.01 Å². The zero-order valence-corrected chi connectivity index (χ0v) is 14.9. The Bertz CT molecular complexity index is 827. The van der Waals surface area contributed by atoms with E-state index in [1.165, 1.54) is 0 Å². The van der Waals surface area contributed by atoms with Gasteiger partial charge in [0.25, 0.3) is 0 Å². The van der Waals surface area contributed by atoms with Crippen molar-refractivity contribution in [2.24, 2.45) is 5.10 Å². The maximum Gasteiger partial charge on any atom is 0.192 e. The first-order valence-electron chi connectivity index (χ1n) is 8.40. The Hall–Kier alpha value is -2.69. The molecule has 2 aliphatic rings. The second kappa shape index (κ2) is 5.69. The zero-order chi connectivity index (χ0) is 17.6. The Kier molecular flexibility index (Phi) is 3.60. The number of fused-ring (bicyclic) bond motifs is 3. The standard InChI is InChI=1S/C20H22N2O3/c1-20(2)22-18(16-11-15(24-4)9-10-19(16)25-20)12-17(21-22)13-5-7-14(23-3)8-6-13/h5-11,18H,12H2,1-4H3/t18-/m1/s1. The molecule has 25 heavy (non-hydrogen) atoms. The third kappa shape index (κ3) is 2.60. The van der Waals surface area contributed by atoms with E-state index in [0.717, 1.165) is 40.5 Å². The zero-order valence-electron chi connectivity index (χ0n) is 14.9. The van der Waals surface area contributed by atoms with Gasteiger partial charge in [-0.05, 0) is 61.9 Å². The molecule has 0 radical (unpaired) electrons. The quantitative estimate of drug-likeness (QED) is 0.849. The third-order valence-electron chi connectivity index (χ3n) is 4.82. The minimum absolute atomic E-state index is 0.144. The molecule has 0 saturated carbocycles. The molecule has 0 saturated heterocycles. The minimum atomic E-state index is -0.500. The molecule has 2 aromatic rings. The van der Waals surface area contributed by atoms with Crippen molar-refractivity contribution in [3.63, 3.8) is 0 Å². The van der Waals surface area contributed by atoms with E-state index >= 15 is 0 Å². The van der Waals surface area contributed by atoms with Crippen molar-refractivity contribution >= 4 is 5.71 Å². The van der Waals surface area contributed by atoms with Gasteiger partial charge >= 0.3 is 0 Å². The van der Waals surface area contributed by atoms with Gasteiger partial charge in [0.15, 0.2) is 5.72 Å². The van der Waals surface area contributed by atoms with Crippen LogP contribution in [-0.2, 0) is 0 Å². The van der Waals surface area contributed by atoms with Gasteiger partial charge < -0.3 is 14.2 Å². The number of hydrazone groups is 1. The van der Waals surface area contributed by atoms with Crippen LogP contribution in [0.4, 0.5) is 0 Å². The largest absolute Gasteiger partial charge is 0.497 e. The molecule has 0 aromatic heterocycles. The number of hydrogen-bond acceptors (Lipinski definition) is 5. The fraction of sp³-hybridized carbons (Fsp3) is 0.350. The molecular formula is C20H22N2O3. The van der Waals surface area contributed by atoms with E-state index < -0.39 is 5.72 Å². The summed E-state index contributed by atoms with van der Waals surface area (Å²) in [5.41, 5.74) is 2.78. The molecule has 2 aromatic carbocycles. The summed E-state index contributed by atoms with van der Waals surface area (Å²) in [6.07, 6.45) is 0.833. The van der Waals surface area contributed by atoms with Gasteiger partial charge in [-0.1, -0.05) is 0 Å². The number of hydrogen-bond donors (Lipinski definition) is 0. The number of benzene rings is 2. The monoisotopic (exact) mass is 338 g/mol. The summed E-state index contributed by atoms with van der Waals surface area (Å²) in [7, 11) is 3.35. The van der Waals surface area contributed by atoms with Crippen molar-refractivity contribution in [1.82, 2.24) is 5.01 Å². The van der Waals surface area contributed by atoms with Crippen LogP contribution in [0.15, 0.2) is 47.6 Å². The molecule has 5 heteroatoms. The molecule has 0 unspecified atom stereocenters. The van der Waals surface area contributed by atoms with Crippen molar-refractivity contribution in [3.05, 3.63) is 53.6 Å². The van der Waals surface area contributed by atoms with E-state index in [1.807, 2.05) is 38.1 Å². The summed E-state index contributed by atoms with van der Waals surface area (Å²) < 4.78 is 16.8. The van der Waals surface area contributed by atoms with Crippen LogP contribution in [-0.4, -0.2) is 30.7 Å². The van der Waals surface area contributed by atoms with Gasteiger partial charge in [0.2, 0.25) is 0 Å². The van der Waals surface area contributed by atoms with Crippen molar-refractivity contribution in [2.45, 2.75) is 32.0 Å². The maximum absolute atomic E-state index is 6.20. The van der Waals surface area contributed by atoms with Gasteiger partial charge in [-0.3, -0.25) is 0 Å². The molecule has 2 heterocycles. The fourth-order valence-electron chi connectivity index (χ4n) is 3.53. The molecule has 0 N–H and O–H groups in total. The van der Waals surface area contributed by atoms with Crippen LogP contribution in [0.5, 0.6) is 17.2 Å². The summed E-state index contributed by atoms with van der Waals surface area (Å²) in [5, 5.41) is 6.95. The molecule has 4 rings (SSSR count). The molecule has 0 spiro atoms. The Morgan fingerprint density at radius 2 is 1.72 bits per heavy atom. The van der Waals surface area contributed by atoms with Gasteiger partial charge in [0.05, 0.1) is 26.0 Å². The highest BCUT2D eigenvalue weighted by atomic mass is 16.5. The molecular weight excluding hydrogens is 316 g/mol. The molecule has 5 nitrogen and oxygen atoms in total. The van der Waals surface area contributed by atoms with Crippen LogP contribution in [0.1, 0.15) is 37.4 Å². The summed E-state index contributed by atoms with van der Waals surface area (Å²) >= 11 is 0. The average Bonchev–Trinajstić information content (AvgIpc) is 3.08. The first kappa shape index (κ1) is 15.8. The summed E-state index contributed by atoms with van der Waals surface area (Å²) in [6, 6.07) is 14.2. The first-order valence-corrected chi connectivity index (χ1v) is 8.40. The first-order chi connectivity index (χ1) is 12.0. The molecule has 130 valence electrons. The number of methoxy groups -OCH3 is 2. The van der Waals surface area contributed by atoms with Crippen LogP contribution in [0.2, 0.25) is 0 Å². The van der Waals surface area contributed by atoms with Crippen LogP contribution >= 0.6 is 0 Å². The third-order valence-corrected chi connectivity index (χ3v) is 4.82. The highest BCUT2D eigenvalue weighted by Crippen LogP contribution is 2.47. The molecule has 0 amide bonds. The van der Waals surface area contributed by atoms with Crippen molar-refractivity contribution in [3.8, 4) is 17.2 Å². The second-order valence-electron chi connectivity index (χ2n) is 6.79. The summed E-state index contributed by atoms with van der Waals surface area (Å²) in [4.78, 5) is 0. The maximum atomic E-state index is 6.20. The average molecular weight is 338 g/mol. The van der Waals surface area contributed by atoms with E-state index in [2.05, 4.69) is 23.2 Å². The van der Waals surface area contributed by atoms with Gasteiger partial charge in [-0.15, -0.1) is 0 Å². The predicted octanol–water partition coefficient (Wildman–Crippen LogP) is 3.98. The van der Waals surface area contributed by atoms with Gasteiger partial charge in [-0.2, -0.15) is 5.10 Å². The lowest BCUT2D eigenvalue weighted by molar-refractivity contribution is -0.0912. The van der Waals surface area contributed by atoms with Crippen molar-refractivity contribution in [2.75, 3.05) is 14.2 Å². The van der Waals surface area contributed by atoms with Gasteiger partial charge in [0, 0.05) is 12.0 Å². The topological polar surface area (TPSA) is 43.3 Å². The molecule has 2 aliphatic heterocycles. The molecule has 1 atom stereocenters. The smallest absolute Gasteiger partial charge is 0.192 e. The van der Waals surface area contributed by atoms with Crippen molar-refractivity contribution in [1.29, 1.82) is 0 Å². The Morgan fingerprint density at radius 3 is 2.40 bits per heavy atom. The highest BCUT2D eigenvalue weighted by molar-refractivity contribution is 6.02. The number of nitrogens with zero attached hydrogens (tertiary/aromatic N) is 2. The highest BCUT2D eigenvalue weighted by Gasteiger charge is 2.44. The van der Waals surface area contributed by atoms with E-state index in [0.29, 0.717) is 0 Å². The van der Waals surface area contributed by atoms with Crippen molar-refractivity contribution < 1.29 is 14.2 Å². The lowest BCUT2D eigenvalue weighted by atomic mass is 9.95. The second-order valence-corrected chi connectivity index (χ2v) is 6.79. The number of ether oxygens (including phenoxy) is 3. The Labute approximate surface area is 147 Å². The number of rotatable bonds is 3. The Balaban J connectivity index is 1.72. The lowest BCUT2D eigenvalue weighted by Gasteiger charge is -2.43. The fourth-order valence-corrected chi connectivity index (χ4v) is 3.53. The van der Waals surface area contributed by atoms with E-state index in [-0.39, 0.29) is 6.04 Å². The summed E-state index contributed by atoms with van der Waals surface area (Å²) in [6.45, 7) is 4.10. The Morgan fingerprint density at radius 1 is 1.04 bits per heavy atom. The summed E-state index contributed by atoms with van der Waals surface area (Å²) in [5.74, 6) is 2.58. The SMILES string of the molecule is COc1ccc(C2=NN3[C@H](C2)c2cc(OC)ccc2OC3(C)C)cc1. The van der Waals surface area contributed by atoms with E-state index in [1.54, 1.807) is 14.2 Å². The minimum Gasteiger partial charge on any atom is -0.497 e. The van der Waals surface area contributed by atoms with E-state index in [4.69, 9.17) is 19.3 Å². The van der Waals surface area contributed by atoms with Crippen LogP contribution in [0.3, 0.4) is 0 Å². The van der Waals surface area contributed by atoms with Crippen LogP contribution in [0.25, 0.3) is 0 Å². The normalized spacial score (nSPS) is 20.2. The predicted molar refractivity (Wildman–Crippen MR) is 96.4 cm³/mol. The molecule has 0 aliphatic carbocycles. The lowest BCUT2D eigenvalue weighted by Crippen LogP contribution is -2.48. The van der Waals surface area contributed by atoms with Crippen LogP contribution < -0.4 is 14.2 Å². The van der Waals surface area contributed by atoms with Gasteiger partial charge in [0.1, 0.15) is 17.2 Å².